The summed E-state index contributed by atoms with van der Waals surface area (Å²) in [6.45, 7) is 13.0. The molecule has 2 rings (SSSR count). The van der Waals surface area contributed by atoms with Crippen molar-refractivity contribution in [3.8, 4) is 12.3 Å². The van der Waals surface area contributed by atoms with E-state index in [-0.39, 0.29) is 18.4 Å². The predicted octanol–water partition coefficient (Wildman–Crippen LogP) is 5.44. The van der Waals surface area contributed by atoms with Crippen molar-refractivity contribution >= 4 is 23.6 Å². The van der Waals surface area contributed by atoms with Gasteiger partial charge < -0.3 is 20.3 Å². The molecular weight excluding hydrogens is 466 g/mol. The van der Waals surface area contributed by atoms with Gasteiger partial charge in [0.05, 0.1) is 0 Å². The van der Waals surface area contributed by atoms with Crippen molar-refractivity contribution in [1.82, 2.24) is 10.2 Å². The highest BCUT2D eigenvalue weighted by Crippen LogP contribution is 2.28. The minimum Gasteiger partial charge on any atom is -0.444 e. The van der Waals surface area contributed by atoms with Crippen molar-refractivity contribution < 1.29 is 19.1 Å². The van der Waals surface area contributed by atoms with E-state index in [9.17, 15) is 14.4 Å². The molecule has 2 N–H and O–H groups in total. The Hall–Kier alpha value is -3.79. The first kappa shape index (κ1) is 29.4. The van der Waals surface area contributed by atoms with Gasteiger partial charge >= 0.3 is 6.09 Å². The van der Waals surface area contributed by atoms with Gasteiger partial charge in [0.15, 0.2) is 0 Å². The molecule has 198 valence electrons. The molecule has 0 aliphatic carbocycles. The third-order valence-corrected chi connectivity index (χ3v) is 5.73. The molecule has 0 aliphatic heterocycles. The van der Waals surface area contributed by atoms with E-state index in [0.717, 1.165) is 5.56 Å². The number of carbonyl (C=O) groups is 3. The summed E-state index contributed by atoms with van der Waals surface area (Å²) >= 11 is 0. The fraction of sp³-hybridized carbons (Fsp3) is 0.433. The van der Waals surface area contributed by atoms with Crippen LogP contribution in [0.3, 0.4) is 0 Å². The first-order valence-electron chi connectivity index (χ1n) is 12.6. The second-order valence-electron chi connectivity index (χ2n) is 10.3. The maximum atomic E-state index is 14.0. The molecule has 0 spiro atoms. The van der Waals surface area contributed by atoms with Crippen LogP contribution in [0.5, 0.6) is 0 Å². The molecule has 0 saturated heterocycles. The largest absolute Gasteiger partial charge is 0.444 e. The zero-order valence-electron chi connectivity index (χ0n) is 22.9. The molecule has 2 unspecified atom stereocenters. The molecule has 2 atom stereocenters. The first-order valence-corrected chi connectivity index (χ1v) is 12.6. The summed E-state index contributed by atoms with van der Waals surface area (Å²) in [7, 11) is 0. The second-order valence-corrected chi connectivity index (χ2v) is 10.3. The number of aryl methyl sites for hydroxylation is 1. The summed E-state index contributed by atoms with van der Waals surface area (Å²) < 4.78 is 5.40. The van der Waals surface area contributed by atoms with E-state index in [2.05, 4.69) is 16.6 Å². The van der Waals surface area contributed by atoms with Gasteiger partial charge in [-0.25, -0.2) is 4.79 Å². The van der Waals surface area contributed by atoms with Crippen molar-refractivity contribution in [3.05, 3.63) is 65.2 Å². The molecule has 3 amide bonds. The Bertz CT molecular complexity index is 1140. The van der Waals surface area contributed by atoms with Crippen molar-refractivity contribution in [1.29, 1.82) is 0 Å². The Morgan fingerprint density at radius 1 is 1.05 bits per heavy atom. The number of ether oxygens (including phenoxy) is 1. The normalized spacial score (nSPS) is 12.7. The number of nitrogens with zero attached hydrogens (tertiary/aromatic N) is 1. The molecule has 0 bridgehead atoms. The van der Waals surface area contributed by atoms with Crippen molar-refractivity contribution in [2.24, 2.45) is 5.92 Å². The molecule has 2 aromatic rings. The van der Waals surface area contributed by atoms with E-state index in [1.54, 1.807) is 45.0 Å². The van der Waals surface area contributed by atoms with Crippen LogP contribution in [0.4, 0.5) is 10.5 Å². The van der Waals surface area contributed by atoms with Gasteiger partial charge in [0.2, 0.25) is 5.91 Å². The lowest BCUT2D eigenvalue weighted by Crippen LogP contribution is -2.54. The number of alkyl carbamates (subject to hydrolysis) is 1. The number of nitrogens with one attached hydrogen (secondary N) is 2. The number of hydrogen-bond acceptors (Lipinski definition) is 4. The summed E-state index contributed by atoms with van der Waals surface area (Å²) in [6, 6.07) is 12.6. The molecule has 7 nitrogen and oxygen atoms in total. The summed E-state index contributed by atoms with van der Waals surface area (Å²) in [5, 5.41) is 5.70. The van der Waals surface area contributed by atoms with Gasteiger partial charge in [-0.05, 0) is 63.3 Å². The fourth-order valence-corrected chi connectivity index (χ4v) is 3.97. The Labute approximate surface area is 221 Å². The minimum atomic E-state index is -1.01. The highest BCUT2D eigenvalue weighted by atomic mass is 16.6. The van der Waals surface area contributed by atoms with Crippen LogP contribution in [0.25, 0.3) is 0 Å². The van der Waals surface area contributed by atoms with E-state index >= 15 is 0 Å². The van der Waals surface area contributed by atoms with Gasteiger partial charge in [-0.3, -0.25) is 9.59 Å². The van der Waals surface area contributed by atoms with Gasteiger partial charge in [-0.2, -0.15) is 0 Å². The van der Waals surface area contributed by atoms with Crippen molar-refractivity contribution in [2.75, 3.05) is 11.9 Å². The summed E-state index contributed by atoms with van der Waals surface area (Å²) in [6.07, 6.45) is 5.69. The molecule has 2 aromatic carbocycles. The van der Waals surface area contributed by atoms with Crippen LogP contribution in [0.1, 0.15) is 70.7 Å². The second kappa shape index (κ2) is 13.0. The van der Waals surface area contributed by atoms with Crippen LogP contribution in [0, 0.1) is 25.2 Å². The van der Waals surface area contributed by atoms with E-state index < -0.39 is 29.7 Å². The van der Waals surface area contributed by atoms with Gasteiger partial charge in [0, 0.05) is 17.8 Å². The van der Waals surface area contributed by atoms with E-state index in [1.807, 2.05) is 52.0 Å². The van der Waals surface area contributed by atoms with Crippen LogP contribution >= 0.6 is 0 Å². The third kappa shape index (κ3) is 8.11. The third-order valence-electron chi connectivity index (χ3n) is 5.73. The zero-order valence-corrected chi connectivity index (χ0v) is 22.9. The molecule has 0 aliphatic rings. The molecule has 7 heteroatoms. The van der Waals surface area contributed by atoms with Crippen molar-refractivity contribution in [3.63, 3.8) is 0 Å². The fourth-order valence-electron chi connectivity index (χ4n) is 3.97. The number of carbonyl (C=O) groups excluding carboxylic acids is 3. The molecule has 0 fully saturated rings. The lowest BCUT2D eigenvalue weighted by atomic mass is 9.95. The molecule has 0 radical (unpaired) electrons. The Kier molecular flexibility index (Phi) is 10.3. The topological polar surface area (TPSA) is 87.7 Å². The van der Waals surface area contributed by atoms with Crippen molar-refractivity contribution in [2.45, 2.75) is 72.6 Å². The zero-order chi connectivity index (χ0) is 27.8. The van der Waals surface area contributed by atoms with Crippen LogP contribution in [-0.4, -0.2) is 41.0 Å². The maximum Gasteiger partial charge on any atom is 0.408 e. The van der Waals surface area contributed by atoms with Crippen LogP contribution in [-0.2, 0) is 14.3 Å². The number of rotatable bonds is 9. The highest BCUT2D eigenvalue weighted by Gasteiger charge is 2.38. The SMILES string of the molecule is C#Cc1ccccc1C(C(=O)Nc1ccccc1C)N(CCC)C(=O)C(NC(=O)OC(C)(C)C)C(C)C. The lowest BCUT2D eigenvalue weighted by molar-refractivity contribution is -0.141. The van der Waals surface area contributed by atoms with E-state index in [4.69, 9.17) is 11.2 Å². The maximum absolute atomic E-state index is 14.0. The predicted molar refractivity (Wildman–Crippen MR) is 147 cm³/mol. The molecule has 0 heterocycles. The van der Waals surface area contributed by atoms with Gasteiger partial charge in [0.25, 0.3) is 5.91 Å². The smallest absolute Gasteiger partial charge is 0.408 e. The standard InChI is InChI=1S/C30H39N3O4/c1-9-19-33(28(35)25(20(3)4)32-29(36)37-30(6,7)8)26(23-17-13-12-16-22(23)10-2)27(34)31-24-18-14-11-15-21(24)5/h2,11-18,20,25-26H,9,19H2,1,3-8H3,(H,31,34)(H,32,36). The van der Waals surface area contributed by atoms with E-state index in [1.165, 1.54) is 4.90 Å². The number of para-hydroxylation sites is 1. The first-order chi connectivity index (χ1) is 17.4. The van der Waals surface area contributed by atoms with Gasteiger partial charge in [-0.1, -0.05) is 63.1 Å². The Morgan fingerprint density at radius 3 is 2.24 bits per heavy atom. The van der Waals surface area contributed by atoms with Gasteiger partial charge in [-0.15, -0.1) is 6.42 Å². The number of benzene rings is 2. The Balaban J connectivity index is 2.56. The number of hydrogen-bond donors (Lipinski definition) is 2. The average molecular weight is 506 g/mol. The number of terminal acetylenes is 1. The minimum absolute atomic E-state index is 0.262. The summed E-state index contributed by atoms with van der Waals surface area (Å²) in [4.78, 5) is 42.0. The quantitative estimate of drug-likeness (QED) is 0.444. The van der Waals surface area contributed by atoms with Gasteiger partial charge in [0.1, 0.15) is 17.7 Å². The number of amides is 3. The average Bonchev–Trinajstić information content (AvgIpc) is 2.82. The molecule has 37 heavy (non-hydrogen) atoms. The molecule has 0 aromatic heterocycles. The lowest BCUT2D eigenvalue weighted by Gasteiger charge is -2.36. The van der Waals surface area contributed by atoms with Crippen LogP contribution in [0.2, 0.25) is 0 Å². The monoisotopic (exact) mass is 505 g/mol. The highest BCUT2D eigenvalue weighted by molar-refractivity contribution is 5.99. The van der Waals surface area contributed by atoms with Crippen LogP contribution < -0.4 is 10.6 Å². The van der Waals surface area contributed by atoms with E-state index in [0.29, 0.717) is 23.2 Å². The van der Waals surface area contributed by atoms with Crippen LogP contribution in [0.15, 0.2) is 48.5 Å². The Morgan fingerprint density at radius 2 is 1.68 bits per heavy atom. The molecule has 0 saturated carbocycles. The molecular formula is C30H39N3O4. The number of anilines is 1. The summed E-state index contributed by atoms with van der Waals surface area (Å²) in [5.74, 6) is 1.60. The summed E-state index contributed by atoms with van der Waals surface area (Å²) in [5.41, 5.74) is 1.87.